The molecule has 0 nitrogen and oxygen atoms in total. The molecule has 0 N–H and O–H groups in total. The summed E-state index contributed by atoms with van der Waals surface area (Å²) in [6.07, 6.45) is 5.31. The summed E-state index contributed by atoms with van der Waals surface area (Å²) >= 11 is 6.32. The quantitative estimate of drug-likeness (QED) is 0.618. The minimum atomic E-state index is 0.374. The summed E-state index contributed by atoms with van der Waals surface area (Å²) < 4.78 is 0. The fourth-order valence-corrected chi connectivity index (χ4v) is 3.41. The number of hydrogen-bond donors (Lipinski definition) is 0. The van der Waals surface area contributed by atoms with Crippen molar-refractivity contribution < 1.29 is 0 Å². The Kier molecular flexibility index (Phi) is 2.00. The van der Waals surface area contributed by atoms with E-state index in [9.17, 15) is 0 Å². The molecule has 0 heterocycles. The summed E-state index contributed by atoms with van der Waals surface area (Å²) in [5.41, 5.74) is 2.88. The number of benzene rings is 1. The van der Waals surface area contributed by atoms with Gasteiger partial charge in [-0.25, -0.2) is 0 Å². The highest BCUT2D eigenvalue weighted by Crippen LogP contribution is 2.55. The summed E-state index contributed by atoms with van der Waals surface area (Å²) in [7, 11) is 0. The smallest absolute Gasteiger partial charge is 0.0265 e. The van der Waals surface area contributed by atoms with Gasteiger partial charge in [0, 0.05) is 11.0 Å². The number of halogens is 1. The van der Waals surface area contributed by atoms with Crippen LogP contribution in [0, 0.1) is 5.92 Å². The lowest BCUT2D eigenvalue weighted by Gasteiger charge is -2.25. The summed E-state index contributed by atoms with van der Waals surface area (Å²) in [6, 6.07) is 8.66. The van der Waals surface area contributed by atoms with E-state index >= 15 is 0 Å². The molecule has 2 bridgehead atoms. The second-order valence-electron chi connectivity index (χ2n) is 4.35. The van der Waals surface area contributed by atoms with Crippen LogP contribution in [0.15, 0.2) is 48.0 Å². The Labute approximate surface area is 95.3 Å². The van der Waals surface area contributed by atoms with E-state index in [0.717, 1.165) is 11.5 Å². The fourth-order valence-electron chi connectivity index (χ4n) is 3.06. The van der Waals surface area contributed by atoms with Crippen LogP contribution >= 0.6 is 11.6 Å². The number of fused-ring (bicyclic) bond motifs is 5. The van der Waals surface area contributed by atoms with E-state index in [1.165, 1.54) is 11.1 Å². The van der Waals surface area contributed by atoms with Crippen LogP contribution in [0.5, 0.6) is 0 Å². The third kappa shape index (κ3) is 1.15. The van der Waals surface area contributed by atoms with Crippen LogP contribution in [0.3, 0.4) is 0 Å². The first-order valence-corrected chi connectivity index (χ1v) is 5.77. The predicted molar refractivity (Wildman–Crippen MR) is 64.2 cm³/mol. The molecule has 0 saturated heterocycles. The summed E-state index contributed by atoms with van der Waals surface area (Å²) in [4.78, 5) is 0. The average Bonchev–Trinajstić information content (AvgIpc) is 2.52. The van der Waals surface area contributed by atoms with E-state index in [4.69, 9.17) is 11.6 Å². The molecule has 0 spiro atoms. The van der Waals surface area contributed by atoms with Crippen molar-refractivity contribution in [3.05, 3.63) is 59.2 Å². The van der Waals surface area contributed by atoms with Crippen molar-refractivity contribution in [2.24, 2.45) is 5.92 Å². The van der Waals surface area contributed by atoms with Gasteiger partial charge >= 0.3 is 0 Å². The molecule has 2 aliphatic rings. The van der Waals surface area contributed by atoms with Crippen LogP contribution in [0.2, 0.25) is 0 Å². The molecule has 3 rings (SSSR count). The SMILES string of the molecule is C=C[C@@H]1[C@@H]2C(Cl)=CC[C@H]1c1ccccc12. The molecule has 2 aliphatic carbocycles. The van der Waals surface area contributed by atoms with E-state index < -0.39 is 0 Å². The molecule has 0 radical (unpaired) electrons. The Morgan fingerprint density at radius 3 is 2.73 bits per heavy atom. The van der Waals surface area contributed by atoms with Crippen molar-refractivity contribution in [1.29, 1.82) is 0 Å². The highest BCUT2D eigenvalue weighted by atomic mass is 35.5. The number of rotatable bonds is 1. The summed E-state index contributed by atoms with van der Waals surface area (Å²) in [5, 5.41) is 1.00. The van der Waals surface area contributed by atoms with Crippen LogP contribution in [-0.4, -0.2) is 0 Å². The molecular weight excluding hydrogens is 204 g/mol. The van der Waals surface area contributed by atoms with E-state index in [2.05, 4.69) is 43.0 Å². The lowest BCUT2D eigenvalue weighted by atomic mass is 9.81. The zero-order valence-corrected chi connectivity index (χ0v) is 9.24. The molecule has 0 aliphatic heterocycles. The topological polar surface area (TPSA) is 0 Å². The van der Waals surface area contributed by atoms with Crippen molar-refractivity contribution in [2.75, 3.05) is 0 Å². The zero-order chi connectivity index (χ0) is 10.4. The van der Waals surface area contributed by atoms with Gasteiger partial charge in [0.2, 0.25) is 0 Å². The van der Waals surface area contributed by atoms with E-state index in [-0.39, 0.29) is 0 Å². The maximum Gasteiger partial charge on any atom is 0.0265 e. The van der Waals surface area contributed by atoms with Gasteiger partial charge in [-0.1, -0.05) is 48.0 Å². The molecule has 1 aromatic rings. The van der Waals surface area contributed by atoms with Gasteiger partial charge in [0.1, 0.15) is 0 Å². The van der Waals surface area contributed by atoms with E-state index in [1.807, 2.05) is 0 Å². The number of hydrogen-bond acceptors (Lipinski definition) is 0. The Bertz CT molecular complexity index is 444. The minimum Gasteiger partial charge on any atom is -0.103 e. The van der Waals surface area contributed by atoms with Gasteiger partial charge in [0.25, 0.3) is 0 Å². The van der Waals surface area contributed by atoms with Gasteiger partial charge in [-0.2, -0.15) is 0 Å². The lowest BCUT2D eigenvalue weighted by molar-refractivity contribution is 0.493. The predicted octanol–water partition coefficient (Wildman–Crippen LogP) is 4.20. The largest absolute Gasteiger partial charge is 0.103 e. The molecular formula is C14H13Cl. The third-order valence-electron chi connectivity index (χ3n) is 3.72. The molecule has 0 saturated carbocycles. The van der Waals surface area contributed by atoms with Gasteiger partial charge < -0.3 is 0 Å². The monoisotopic (exact) mass is 216 g/mol. The maximum absolute atomic E-state index is 6.32. The van der Waals surface area contributed by atoms with Gasteiger partial charge in [0.05, 0.1) is 0 Å². The highest BCUT2D eigenvalue weighted by molar-refractivity contribution is 6.30. The molecule has 76 valence electrons. The second kappa shape index (κ2) is 3.24. The third-order valence-corrected chi connectivity index (χ3v) is 4.11. The van der Waals surface area contributed by atoms with Gasteiger partial charge in [-0.3, -0.25) is 0 Å². The number of allylic oxidation sites excluding steroid dienone is 3. The van der Waals surface area contributed by atoms with Gasteiger partial charge in [-0.15, -0.1) is 6.58 Å². The van der Waals surface area contributed by atoms with Crippen molar-refractivity contribution in [1.82, 2.24) is 0 Å². The van der Waals surface area contributed by atoms with Crippen molar-refractivity contribution in [2.45, 2.75) is 18.3 Å². The molecule has 3 atom stereocenters. The van der Waals surface area contributed by atoms with Crippen LogP contribution in [0.4, 0.5) is 0 Å². The average molecular weight is 217 g/mol. The van der Waals surface area contributed by atoms with Crippen LogP contribution in [0.1, 0.15) is 29.4 Å². The highest BCUT2D eigenvalue weighted by Gasteiger charge is 2.42. The van der Waals surface area contributed by atoms with Crippen molar-refractivity contribution in [3.8, 4) is 0 Å². The van der Waals surface area contributed by atoms with Crippen LogP contribution in [0.25, 0.3) is 0 Å². The fraction of sp³-hybridized carbons (Fsp3) is 0.286. The Morgan fingerprint density at radius 2 is 2.00 bits per heavy atom. The first-order chi connectivity index (χ1) is 7.33. The summed E-state index contributed by atoms with van der Waals surface area (Å²) in [6.45, 7) is 3.96. The van der Waals surface area contributed by atoms with Crippen molar-refractivity contribution >= 4 is 11.6 Å². The van der Waals surface area contributed by atoms with Crippen LogP contribution < -0.4 is 0 Å². The Morgan fingerprint density at radius 1 is 1.27 bits per heavy atom. The first-order valence-electron chi connectivity index (χ1n) is 5.40. The standard InChI is InChI=1S/C14H13Cl/c1-2-9-11-7-8-13(15)14(9)12-6-4-3-5-10(11)12/h2-6,8-9,11,14H,1,7H2/t9-,11+,14-/m0/s1. The van der Waals surface area contributed by atoms with Crippen LogP contribution in [-0.2, 0) is 0 Å². The zero-order valence-electron chi connectivity index (χ0n) is 8.49. The van der Waals surface area contributed by atoms with Gasteiger partial charge in [-0.05, 0) is 29.4 Å². The molecule has 1 aromatic carbocycles. The minimum absolute atomic E-state index is 0.374. The summed E-state index contributed by atoms with van der Waals surface area (Å²) in [5.74, 6) is 1.48. The molecule has 0 amide bonds. The molecule has 1 heteroatoms. The molecule has 0 fully saturated rings. The maximum atomic E-state index is 6.32. The molecule has 15 heavy (non-hydrogen) atoms. The Balaban J connectivity index is 2.21. The second-order valence-corrected chi connectivity index (χ2v) is 4.79. The van der Waals surface area contributed by atoms with E-state index in [1.54, 1.807) is 0 Å². The molecule has 0 unspecified atom stereocenters. The lowest BCUT2D eigenvalue weighted by Crippen LogP contribution is -2.13. The normalized spacial score (nSPS) is 32.1. The van der Waals surface area contributed by atoms with Gasteiger partial charge in [0.15, 0.2) is 0 Å². The Hall–Kier alpha value is -1.01. The molecule has 0 aromatic heterocycles. The van der Waals surface area contributed by atoms with Crippen molar-refractivity contribution in [3.63, 3.8) is 0 Å². The first kappa shape index (κ1) is 9.23. The van der Waals surface area contributed by atoms with E-state index in [0.29, 0.717) is 17.8 Å².